The second-order valence-electron chi connectivity index (χ2n) is 8.39. The normalized spacial score (nSPS) is 49.2. The minimum Gasteiger partial charge on any atom is -0.299 e. The van der Waals surface area contributed by atoms with Crippen molar-refractivity contribution in [3.63, 3.8) is 0 Å². The molecule has 4 aliphatic rings. The first-order valence-electron chi connectivity index (χ1n) is 8.72. The molecule has 3 saturated carbocycles. The van der Waals surface area contributed by atoms with E-state index in [0.717, 1.165) is 38.5 Å². The summed E-state index contributed by atoms with van der Waals surface area (Å²) in [6.07, 6.45) is 10.2. The van der Waals surface area contributed by atoms with Gasteiger partial charge in [-0.05, 0) is 67.8 Å². The Kier molecular flexibility index (Phi) is 2.81. The van der Waals surface area contributed by atoms with Crippen LogP contribution in [0.15, 0.2) is 11.6 Å². The average Bonchev–Trinajstić information content (AvgIpc) is 2.76. The zero-order valence-corrected chi connectivity index (χ0v) is 13.3. The molecule has 4 aliphatic carbocycles. The van der Waals surface area contributed by atoms with Crippen LogP contribution in [0, 0.1) is 28.6 Å². The minimum absolute atomic E-state index is 0.0246. The molecule has 2 nitrogen and oxygen atoms in total. The highest BCUT2D eigenvalue weighted by Gasteiger charge is 2.58. The Labute approximate surface area is 127 Å². The molecular weight excluding hydrogens is 262 g/mol. The lowest BCUT2D eigenvalue weighted by atomic mass is 9.49. The Morgan fingerprint density at radius 3 is 2.67 bits per heavy atom. The number of hydrogen-bond donors (Lipinski definition) is 0. The van der Waals surface area contributed by atoms with Gasteiger partial charge in [-0.3, -0.25) is 9.59 Å². The highest BCUT2D eigenvalue weighted by atomic mass is 16.1. The van der Waals surface area contributed by atoms with Crippen molar-refractivity contribution in [2.45, 2.75) is 65.2 Å². The van der Waals surface area contributed by atoms with E-state index in [1.807, 2.05) is 6.08 Å². The summed E-state index contributed by atoms with van der Waals surface area (Å²) in [4.78, 5) is 24.1. The fraction of sp³-hybridized carbons (Fsp3) is 0.789. The van der Waals surface area contributed by atoms with Gasteiger partial charge in [0.25, 0.3) is 0 Å². The summed E-state index contributed by atoms with van der Waals surface area (Å²) < 4.78 is 0. The standard InChI is InChI=1S/C19H26O2/c1-18-9-7-13(20)11-12(18)3-4-14-15-5-6-17(21)19(15,2)10-8-16(14)18/h11,14-16H,3-10H2,1-2H3/t14-,15-,16-,18-,19-/m0/s1/i2+2. The van der Waals surface area contributed by atoms with Gasteiger partial charge in [0.1, 0.15) is 5.78 Å². The van der Waals surface area contributed by atoms with Crippen molar-refractivity contribution in [3.05, 3.63) is 11.6 Å². The summed E-state index contributed by atoms with van der Waals surface area (Å²) in [7, 11) is 0. The van der Waals surface area contributed by atoms with E-state index in [2.05, 4.69) is 13.8 Å². The fourth-order valence-electron chi connectivity index (χ4n) is 6.33. The van der Waals surface area contributed by atoms with Crippen molar-refractivity contribution in [3.8, 4) is 0 Å². The maximum atomic E-state index is 12.4. The second kappa shape index (κ2) is 4.30. The van der Waals surface area contributed by atoms with Crippen molar-refractivity contribution in [1.82, 2.24) is 0 Å². The van der Waals surface area contributed by atoms with Crippen molar-refractivity contribution < 1.29 is 9.59 Å². The molecule has 4 rings (SSSR count). The maximum absolute atomic E-state index is 12.4. The molecule has 0 unspecified atom stereocenters. The van der Waals surface area contributed by atoms with Gasteiger partial charge < -0.3 is 0 Å². The summed E-state index contributed by atoms with van der Waals surface area (Å²) in [5, 5.41) is 0. The van der Waals surface area contributed by atoms with Crippen LogP contribution in [0.3, 0.4) is 0 Å². The van der Waals surface area contributed by atoms with Crippen molar-refractivity contribution in [1.29, 1.82) is 0 Å². The number of carbonyl (C=O) groups is 2. The first-order chi connectivity index (χ1) is 9.95. The summed E-state index contributed by atoms with van der Waals surface area (Å²) in [6.45, 7) is 4.64. The van der Waals surface area contributed by atoms with E-state index in [0.29, 0.717) is 29.3 Å². The SMILES string of the molecule is C[C@]12CCC(=O)C=C1CC[C@@H]1[C@@H]2CC[C@]2([14CH3])C(=O)CC[C@@H]12. The molecule has 0 N–H and O–H groups in total. The van der Waals surface area contributed by atoms with Gasteiger partial charge in [-0.2, -0.15) is 0 Å². The zero-order valence-electron chi connectivity index (χ0n) is 13.3. The fourth-order valence-corrected chi connectivity index (χ4v) is 6.33. The molecule has 2 heteroatoms. The molecule has 0 aliphatic heterocycles. The molecular formula is C19H26O2. The number of hydrogen-bond acceptors (Lipinski definition) is 2. The van der Waals surface area contributed by atoms with Gasteiger partial charge >= 0.3 is 0 Å². The number of allylic oxidation sites excluding steroid dienone is 1. The zero-order chi connectivity index (χ0) is 14.8. The summed E-state index contributed by atoms with van der Waals surface area (Å²) in [5.41, 5.74) is 1.64. The van der Waals surface area contributed by atoms with E-state index in [1.54, 1.807) is 0 Å². The average molecular weight is 288 g/mol. The Morgan fingerprint density at radius 2 is 1.86 bits per heavy atom. The predicted molar refractivity (Wildman–Crippen MR) is 81.7 cm³/mol. The van der Waals surface area contributed by atoms with Gasteiger partial charge in [0.2, 0.25) is 0 Å². The Morgan fingerprint density at radius 1 is 1.05 bits per heavy atom. The Hall–Kier alpha value is -0.920. The molecule has 0 aromatic rings. The van der Waals surface area contributed by atoms with Crippen molar-refractivity contribution in [2.75, 3.05) is 0 Å². The number of fused-ring (bicyclic) bond motifs is 5. The van der Waals surface area contributed by atoms with Gasteiger partial charge in [0.15, 0.2) is 5.78 Å². The smallest absolute Gasteiger partial charge is 0.155 e. The highest BCUT2D eigenvalue weighted by molar-refractivity contribution is 5.91. The minimum atomic E-state index is -0.0246. The Balaban J connectivity index is 1.70. The third-order valence-corrected chi connectivity index (χ3v) is 7.67. The van der Waals surface area contributed by atoms with Gasteiger partial charge in [0, 0.05) is 18.3 Å². The third kappa shape index (κ3) is 1.71. The van der Waals surface area contributed by atoms with Gasteiger partial charge in [-0.1, -0.05) is 19.4 Å². The third-order valence-electron chi connectivity index (χ3n) is 7.67. The van der Waals surface area contributed by atoms with Crippen LogP contribution in [-0.2, 0) is 9.59 Å². The first kappa shape index (κ1) is 13.7. The van der Waals surface area contributed by atoms with E-state index in [1.165, 1.54) is 18.4 Å². The molecule has 0 saturated heterocycles. The van der Waals surface area contributed by atoms with Gasteiger partial charge in [-0.25, -0.2) is 0 Å². The predicted octanol–water partition coefficient (Wildman–Crippen LogP) is 4.09. The van der Waals surface area contributed by atoms with Crippen LogP contribution in [0.2, 0.25) is 0 Å². The largest absolute Gasteiger partial charge is 0.299 e. The molecule has 3 fully saturated rings. The summed E-state index contributed by atoms with van der Waals surface area (Å²) >= 11 is 0. The molecule has 21 heavy (non-hydrogen) atoms. The number of ketones is 2. The molecule has 0 aromatic heterocycles. The van der Waals surface area contributed by atoms with E-state index in [9.17, 15) is 9.59 Å². The van der Waals surface area contributed by atoms with Crippen LogP contribution in [0.4, 0.5) is 0 Å². The van der Waals surface area contributed by atoms with Crippen LogP contribution in [-0.4, -0.2) is 11.6 Å². The Bertz CT molecular complexity index is 546. The quantitative estimate of drug-likeness (QED) is 0.673. The molecule has 0 heterocycles. The van der Waals surface area contributed by atoms with Crippen LogP contribution >= 0.6 is 0 Å². The summed E-state index contributed by atoms with van der Waals surface area (Å²) in [5.74, 6) is 2.88. The topological polar surface area (TPSA) is 34.1 Å². The van der Waals surface area contributed by atoms with Gasteiger partial charge in [-0.15, -0.1) is 0 Å². The number of carbonyl (C=O) groups excluding carboxylic acids is 2. The molecule has 0 bridgehead atoms. The number of rotatable bonds is 0. The monoisotopic (exact) mass is 288 g/mol. The molecule has 0 spiro atoms. The number of Topliss-reactive ketones (excluding diaryl/α,β-unsaturated/α-hetero) is 1. The maximum Gasteiger partial charge on any atom is 0.155 e. The lowest BCUT2D eigenvalue weighted by Gasteiger charge is -2.56. The van der Waals surface area contributed by atoms with E-state index >= 15 is 0 Å². The van der Waals surface area contributed by atoms with E-state index in [-0.39, 0.29) is 10.8 Å². The summed E-state index contributed by atoms with van der Waals surface area (Å²) in [6, 6.07) is 0. The van der Waals surface area contributed by atoms with Crippen LogP contribution < -0.4 is 0 Å². The molecule has 5 atom stereocenters. The molecule has 0 radical (unpaired) electrons. The van der Waals surface area contributed by atoms with Crippen LogP contribution in [0.5, 0.6) is 0 Å². The van der Waals surface area contributed by atoms with Crippen molar-refractivity contribution >= 4 is 11.6 Å². The van der Waals surface area contributed by atoms with Gasteiger partial charge in [0.05, 0.1) is 0 Å². The molecule has 114 valence electrons. The molecule has 0 aromatic carbocycles. The van der Waals surface area contributed by atoms with Crippen LogP contribution in [0.1, 0.15) is 65.2 Å². The second-order valence-corrected chi connectivity index (χ2v) is 8.39. The first-order valence-corrected chi connectivity index (χ1v) is 8.72. The highest BCUT2D eigenvalue weighted by Crippen LogP contribution is 2.64. The van der Waals surface area contributed by atoms with E-state index < -0.39 is 0 Å². The molecule has 0 amide bonds. The van der Waals surface area contributed by atoms with E-state index in [4.69, 9.17) is 0 Å². The van der Waals surface area contributed by atoms with Crippen LogP contribution in [0.25, 0.3) is 0 Å². The van der Waals surface area contributed by atoms with Crippen molar-refractivity contribution in [2.24, 2.45) is 28.6 Å². The lowest BCUT2D eigenvalue weighted by molar-refractivity contribution is -0.132. The lowest BCUT2D eigenvalue weighted by Crippen LogP contribution is -2.50.